The van der Waals surface area contributed by atoms with Crippen molar-refractivity contribution in [2.45, 2.75) is 43.6 Å². The maximum absolute atomic E-state index is 13.2. The Hall–Kier alpha value is -2.00. The topological polar surface area (TPSA) is 76.6 Å². The fraction of sp³-hybridized carbons (Fsp3) is 0.391. The third-order valence-electron chi connectivity index (χ3n) is 5.55. The Kier molecular flexibility index (Phi) is 7.14. The van der Waals surface area contributed by atoms with Crippen molar-refractivity contribution in [2.75, 3.05) is 23.8 Å². The van der Waals surface area contributed by atoms with Gasteiger partial charge in [0.05, 0.1) is 33.5 Å². The lowest BCUT2D eigenvalue weighted by Gasteiger charge is -2.23. The normalized spacial score (nSPS) is 16.5. The number of anilines is 1. The zero-order chi connectivity index (χ0) is 22.7. The highest BCUT2D eigenvalue weighted by molar-refractivity contribution is 7.91. The molecular formula is C23H25ClN2O4S2. The quantitative estimate of drug-likeness (QED) is 0.447. The van der Waals surface area contributed by atoms with E-state index in [1.807, 2.05) is 12.1 Å². The summed E-state index contributed by atoms with van der Waals surface area (Å²) in [6.07, 6.45) is 2.55. The van der Waals surface area contributed by atoms with Crippen LogP contribution >= 0.6 is 22.9 Å². The summed E-state index contributed by atoms with van der Waals surface area (Å²) >= 11 is 7.31. The lowest BCUT2D eigenvalue weighted by atomic mass is 10.2. The number of hydrogen-bond donors (Lipinski definition) is 0. The highest BCUT2D eigenvalue weighted by Crippen LogP contribution is 2.31. The fourth-order valence-corrected chi connectivity index (χ4v) is 6.10. The zero-order valence-corrected chi connectivity index (χ0v) is 20.2. The van der Waals surface area contributed by atoms with Crippen LogP contribution in [0.25, 0.3) is 10.2 Å². The van der Waals surface area contributed by atoms with Gasteiger partial charge in [-0.3, -0.25) is 9.69 Å². The maximum Gasteiger partial charge on any atom is 0.229 e. The van der Waals surface area contributed by atoms with Gasteiger partial charge >= 0.3 is 0 Å². The Bertz CT molecular complexity index is 1200. The van der Waals surface area contributed by atoms with Crippen LogP contribution in [0.15, 0.2) is 47.4 Å². The number of carbonyl (C=O) groups is 1. The molecular weight excluding hydrogens is 468 g/mol. The van der Waals surface area contributed by atoms with E-state index < -0.39 is 9.84 Å². The lowest BCUT2D eigenvalue weighted by Crippen LogP contribution is -2.38. The van der Waals surface area contributed by atoms with Gasteiger partial charge in [0, 0.05) is 18.1 Å². The summed E-state index contributed by atoms with van der Waals surface area (Å²) in [4.78, 5) is 19.6. The first-order valence-corrected chi connectivity index (χ1v) is 13.5. The zero-order valence-electron chi connectivity index (χ0n) is 17.8. The van der Waals surface area contributed by atoms with Crippen molar-refractivity contribution in [3.05, 3.63) is 53.1 Å². The summed E-state index contributed by atoms with van der Waals surface area (Å²) in [7, 11) is -3.60. The molecule has 1 fully saturated rings. The van der Waals surface area contributed by atoms with Crippen LogP contribution in [0.2, 0.25) is 5.02 Å². The van der Waals surface area contributed by atoms with Crippen LogP contribution < -0.4 is 4.90 Å². The number of halogens is 1. The van der Waals surface area contributed by atoms with Crippen molar-refractivity contribution in [3.63, 3.8) is 0 Å². The molecule has 32 heavy (non-hydrogen) atoms. The van der Waals surface area contributed by atoms with Crippen LogP contribution in [0, 0.1) is 0 Å². The van der Waals surface area contributed by atoms with Crippen molar-refractivity contribution in [1.29, 1.82) is 0 Å². The second kappa shape index (κ2) is 9.87. The number of thiazole rings is 1. The van der Waals surface area contributed by atoms with Gasteiger partial charge in [-0.15, -0.1) is 0 Å². The van der Waals surface area contributed by atoms with E-state index in [-0.39, 0.29) is 29.1 Å². The molecule has 9 heteroatoms. The van der Waals surface area contributed by atoms with Gasteiger partial charge in [0.25, 0.3) is 0 Å². The molecule has 0 spiro atoms. The number of carbonyl (C=O) groups excluding carboxylic acids is 1. The molecule has 1 aliphatic rings. The predicted octanol–water partition coefficient (Wildman–Crippen LogP) is 4.89. The highest BCUT2D eigenvalue weighted by Gasteiger charge is 2.27. The molecule has 1 atom stereocenters. The van der Waals surface area contributed by atoms with Crippen molar-refractivity contribution in [2.24, 2.45) is 0 Å². The molecule has 0 saturated carbocycles. The van der Waals surface area contributed by atoms with Gasteiger partial charge in [0.2, 0.25) is 5.91 Å². The second-order valence-electron chi connectivity index (χ2n) is 7.81. The SMILES string of the molecule is CCc1ccc2nc(N(CC3CCCO3)C(=O)CCS(=O)(=O)c3ccc(Cl)cc3)sc2c1. The predicted molar refractivity (Wildman–Crippen MR) is 128 cm³/mol. The van der Waals surface area contributed by atoms with Crippen molar-refractivity contribution in [3.8, 4) is 0 Å². The van der Waals surface area contributed by atoms with Gasteiger partial charge < -0.3 is 4.74 Å². The number of rotatable bonds is 8. The monoisotopic (exact) mass is 492 g/mol. The number of aryl methyl sites for hydroxylation is 1. The number of hydrogen-bond acceptors (Lipinski definition) is 6. The summed E-state index contributed by atoms with van der Waals surface area (Å²) in [6, 6.07) is 12.1. The first-order valence-electron chi connectivity index (χ1n) is 10.7. The van der Waals surface area contributed by atoms with E-state index in [2.05, 4.69) is 18.0 Å². The molecule has 0 aliphatic carbocycles. The molecule has 0 bridgehead atoms. The van der Waals surface area contributed by atoms with E-state index in [1.54, 1.807) is 4.90 Å². The Morgan fingerprint density at radius 2 is 2.03 bits per heavy atom. The third-order valence-corrected chi connectivity index (χ3v) is 8.57. The van der Waals surface area contributed by atoms with Crippen LogP contribution in [0.3, 0.4) is 0 Å². The van der Waals surface area contributed by atoms with E-state index in [0.717, 1.165) is 29.5 Å². The number of fused-ring (bicyclic) bond motifs is 1. The number of sulfone groups is 1. The molecule has 0 radical (unpaired) electrons. The minimum Gasteiger partial charge on any atom is -0.376 e. The average molecular weight is 493 g/mol. The van der Waals surface area contributed by atoms with Crippen LogP contribution in [0.4, 0.5) is 5.13 Å². The molecule has 1 amide bonds. The molecule has 1 aliphatic heterocycles. The fourth-order valence-electron chi connectivity index (χ4n) is 3.69. The van der Waals surface area contributed by atoms with E-state index in [4.69, 9.17) is 16.3 Å². The molecule has 3 aromatic rings. The van der Waals surface area contributed by atoms with Crippen LogP contribution in [0.5, 0.6) is 0 Å². The van der Waals surface area contributed by atoms with E-state index in [1.165, 1.54) is 41.2 Å². The van der Waals surface area contributed by atoms with E-state index >= 15 is 0 Å². The summed E-state index contributed by atoms with van der Waals surface area (Å²) in [5.41, 5.74) is 2.04. The third kappa shape index (κ3) is 5.31. The molecule has 1 unspecified atom stereocenters. The number of ether oxygens (including phenoxy) is 1. The molecule has 170 valence electrons. The van der Waals surface area contributed by atoms with Crippen LogP contribution in [-0.2, 0) is 25.8 Å². The van der Waals surface area contributed by atoms with Crippen molar-refractivity contribution in [1.82, 2.24) is 4.98 Å². The van der Waals surface area contributed by atoms with E-state index in [9.17, 15) is 13.2 Å². The van der Waals surface area contributed by atoms with Gasteiger partial charge in [-0.2, -0.15) is 0 Å². The van der Waals surface area contributed by atoms with Crippen molar-refractivity contribution < 1.29 is 17.9 Å². The maximum atomic E-state index is 13.2. The first-order chi connectivity index (χ1) is 15.4. The molecule has 2 heterocycles. The summed E-state index contributed by atoms with van der Waals surface area (Å²) in [5.74, 6) is -0.548. The van der Waals surface area contributed by atoms with Gasteiger partial charge in [0.15, 0.2) is 15.0 Å². The largest absolute Gasteiger partial charge is 0.376 e. The Morgan fingerprint density at radius 1 is 1.25 bits per heavy atom. The average Bonchev–Trinajstić information content (AvgIpc) is 3.45. The highest BCUT2D eigenvalue weighted by atomic mass is 35.5. The number of nitrogens with zero attached hydrogens (tertiary/aromatic N) is 2. The molecule has 0 N–H and O–H groups in total. The lowest BCUT2D eigenvalue weighted by molar-refractivity contribution is -0.118. The number of aromatic nitrogens is 1. The minimum absolute atomic E-state index is 0.0648. The summed E-state index contributed by atoms with van der Waals surface area (Å²) in [5, 5.41) is 1.04. The van der Waals surface area contributed by atoms with Gasteiger partial charge in [0.1, 0.15) is 0 Å². The summed E-state index contributed by atoms with van der Waals surface area (Å²) < 4.78 is 32.2. The molecule has 1 aromatic heterocycles. The van der Waals surface area contributed by atoms with E-state index in [0.29, 0.717) is 23.3 Å². The minimum atomic E-state index is -3.60. The van der Waals surface area contributed by atoms with Crippen LogP contribution in [-0.4, -0.2) is 44.3 Å². The smallest absolute Gasteiger partial charge is 0.229 e. The summed E-state index contributed by atoms with van der Waals surface area (Å²) in [6.45, 7) is 3.15. The second-order valence-corrected chi connectivity index (χ2v) is 11.4. The number of amides is 1. The van der Waals surface area contributed by atoms with Gasteiger partial charge in [-0.1, -0.05) is 35.9 Å². The molecule has 2 aromatic carbocycles. The molecule has 6 nitrogen and oxygen atoms in total. The molecule has 1 saturated heterocycles. The van der Waals surface area contributed by atoms with Crippen LogP contribution in [0.1, 0.15) is 31.7 Å². The van der Waals surface area contributed by atoms with Gasteiger partial charge in [-0.05, 0) is 61.2 Å². The number of benzene rings is 2. The Labute approximate surface area is 197 Å². The Morgan fingerprint density at radius 3 is 2.72 bits per heavy atom. The Balaban J connectivity index is 1.55. The first kappa shape index (κ1) is 23.2. The van der Waals surface area contributed by atoms with Gasteiger partial charge in [-0.25, -0.2) is 13.4 Å². The standard InChI is InChI=1S/C23H25ClN2O4S2/c1-2-16-5-10-20-21(14-16)31-23(25-20)26(15-18-4-3-12-30-18)22(27)11-13-32(28,29)19-8-6-17(24)7-9-19/h5-10,14,18H,2-4,11-13,15H2,1H3. The van der Waals surface area contributed by atoms with Crippen molar-refractivity contribution >= 4 is 54.0 Å². The molecule has 4 rings (SSSR count).